The van der Waals surface area contributed by atoms with Gasteiger partial charge < -0.3 is 15.8 Å². The Bertz CT molecular complexity index is 358. The van der Waals surface area contributed by atoms with Gasteiger partial charge in [-0.1, -0.05) is 30.1 Å². The molecule has 0 radical (unpaired) electrons. The van der Waals surface area contributed by atoms with Crippen LogP contribution >= 0.6 is 23.2 Å². The molecular weight excluding hydrogens is 247 g/mol. The van der Waals surface area contributed by atoms with Crippen LogP contribution in [0.1, 0.15) is 6.92 Å². The summed E-state index contributed by atoms with van der Waals surface area (Å²) in [4.78, 5) is 0. The Balaban J connectivity index is 2.63. The third kappa shape index (κ3) is 3.74. The number of nitrogen functional groups attached to an aromatic ring is 1. The minimum absolute atomic E-state index is 0.402. The van der Waals surface area contributed by atoms with Gasteiger partial charge in [-0.15, -0.1) is 0 Å². The Labute approximate surface area is 106 Å². The molecule has 90 valence electrons. The van der Waals surface area contributed by atoms with Crippen molar-refractivity contribution in [2.24, 2.45) is 5.92 Å². The summed E-state index contributed by atoms with van der Waals surface area (Å²) in [5.41, 5.74) is 7.21. The number of ether oxygens (including phenoxy) is 1. The van der Waals surface area contributed by atoms with Gasteiger partial charge in [-0.2, -0.15) is 0 Å². The first kappa shape index (κ1) is 13.4. The van der Waals surface area contributed by atoms with Gasteiger partial charge in [0.2, 0.25) is 0 Å². The van der Waals surface area contributed by atoms with Crippen LogP contribution in [0.25, 0.3) is 0 Å². The maximum absolute atomic E-state index is 5.91. The minimum atomic E-state index is 0.402. The van der Waals surface area contributed by atoms with Crippen LogP contribution in [0.15, 0.2) is 12.1 Å². The van der Waals surface area contributed by atoms with Gasteiger partial charge in [-0.25, -0.2) is 0 Å². The molecule has 0 aliphatic rings. The van der Waals surface area contributed by atoms with Gasteiger partial charge in [-0.3, -0.25) is 0 Å². The van der Waals surface area contributed by atoms with E-state index in [1.54, 1.807) is 19.2 Å². The Kier molecular flexibility index (Phi) is 5.19. The zero-order valence-corrected chi connectivity index (χ0v) is 10.9. The van der Waals surface area contributed by atoms with Gasteiger partial charge >= 0.3 is 0 Å². The highest BCUT2D eigenvalue weighted by Gasteiger charge is 2.06. The van der Waals surface area contributed by atoms with E-state index < -0.39 is 0 Å². The minimum Gasteiger partial charge on any atom is -0.397 e. The van der Waals surface area contributed by atoms with E-state index in [0.717, 1.165) is 12.2 Å². The summed E-state index contributed by atoms with van der Waals surface area (Å²) in [6.45, 7) is 3.56. The van der Waals surface area contributed by atoms with Crippen LogP contribution in [0, 0.1) is 5.92 Å². The highest BCUT2D eigenvalue weighted by Crippen LogP contribution is 2.30. The van der Waals surface area contributed by atoms with Crippen LogP contribution in [0.3, 0.4) is 0 Å². The average molecular weight is 263 g/mol. The largest absolute Gasteiger partial charge is 0.397 e. The normalized spacial score (nSPS) is 12.5. The highest BCUT2D eigenvalue weighted by atomic mass is 35.5. The lowest BCUT2D eigenvalue weighted by Crippen LogP contribution is -2.16. The molecule has 1 atom stereocenters. The number of rotatable bonds is 5. The zero-order chi connectivity index (χ0) is 12.1. The van der Waals surface area contributed by atoms with Crippen molar-refractivity contribution in [1.82, 2.24) is 0 Å². The fraction of sp³-hybridized carbons (Fsp3) is 0.455. The molecule has 16 heavy (non-hydrogen) atoms. The summed E-state index contributed by atoms with van der Waals surface area (Å²) in [6.07, 6.45) is 0. The predicted molar refractivity (Wildman–Crippen MR) is 70.4 cm³/mol. The molecule has 1 rings (SSSR count). The average Bonchev–Trinajstić information content (AvgIpc) is 2.22. The molecule has 3 nitrogen and oxygen atoms in total. The quantitative estimate of drug-likeness (QED) is 0.801. The van der Waals surface area contributed by atoms with Gasteiger partial charge in [0.05, 0.1) is 28.0 Å². The number of halogens is 2. The van der Waals surface area contributed by atoms with Crippen molar-refractivity contribution in [2.75, 3.05) is 31.3 Å². The molecule has 0 bridgehead atoms. The molecule has 0 aliphatic heterocycles. The van der Waals surface area contributed by atoms with Crippen molar-refractivity contribution >= 4 is 34.6 Å². The SMILES string of the molecule is COCC(C)CNc1cc(Cl)c(Cl)cc1N. The lowest BCUT2D eigenvalue weighted by atomic mass is 10.2. The van der Waals surface area contributed by atoms with Crippen molar-refractivity contribution in [3.8, 4) is 0 Å². The Morgan fingerprint density at radius 3 is 2.62 bits per heavy atom. The van der Waals surface area contributed by atoms with E-state index in [9.17, 15) is 0 Å². The van der Waals surface area contributed by atoms with E-state index in [-0.39, 0.29) is 0 Å². The Morgan fingerprint density at radius 1 is 1.38 bits per heavy atom. The molecule has 0 saturated heterocycles. The predicted octanol–water partition coefficient (Wildman–Crippen LogP) is 3.27. The fourth-order valence-electron chi connectivity index (χ4n) is 1.34. The number of nitrogens with one attached hydrogen (secondary N) is 1. The summed E-state index contributed by atoms with van der Waals surface area (Å²) in [5, 5.41) is 4.18. The highest BCUT2D eigenvalue weighted by molar-refractivity contribution is 6.42. The Morgan fingerprint density at radius 2 is 2.00 bits per heavy atom. The van der Waals surface area contributed by atoms with E-state index in [4.69, 9.17) is 33.7 Å². The van der Waals surface area contributed by atoms with Crippen molar-refractivity contribution in [3.63, 3.8) is 0 Å². The third-order valence-electron chi connectivity index (χ3n) is 2.18. The van der Waals surface area contributed by atoms with Gasteiger partial charge in [0.1, 0.15) is 0 Å². The van der Waals surface area contributed by atoms with Gasteiger partial charge in [-0.05, 0) is 18.1 Å². The summed E-state index contributed by atoms with van der Waals surface area (Å²) in [5.74, 6) is 0.402. The van der Waals surface area contributed by atoms with Gasteiger partial charge in [0, 0.05) is 13.7 Å². The van der Waals surface area contributed by atoms with Crippen LogP contribution < -0.4 is 11.1 Å². The topological polar surface area (TPSA) is 47.3 Å². The second-order valence-corrected chi connectivity index (χ2v) is 4.61. The fourth-order valence-corrected chi connectivity index (χ4v) is 1.68. The molecule has 0 aliphatic carbocycles. The summed E-state index contributed by atoms with van der Waals surface area (Å²) in [7, 11) is 1.68. The van der Waals surface area contributed by atoms with Gasteiger partial charge in [0.15, 0.2) is 0 Å². The van der Waals surface area contributed by atoms with Crippen molar-refractivity contribution in [2.45, 2.75) is 6.92 Å². The van der Waals surface area contributed by atoms with Crippen LogP contribution in [0.5, 0.6) is 0 Å². The van der Waals surface area contributed by atoms with E-state index in [0.29, 0.717) is 28.3 Å². The molecule has 0 spiro atoms. The molecule has 3 N–H and O–H groups in total. The molecule has 0 saturated carbocycles. The molecule has 5 heteroatoms. The van der Waals surface area contributed by atoms with Crippen molar-refractivity contribution in [1.29, 1.82) is 0 Å². The lowest BCUT2D eigenvalue weighted by molar-refractivity contribution is 0.164. The number of nitrogens with two attached hydrogens (primary N) is 1. The van der Waals surface area contributed by atoms with E-state index in [2.05, 4.69) is 12.2 Å². The molecular formula is C11H16Cl2N2O. The Hall–Kier alpha value is -0.640. The van der Waals surface area contributed by atoms with E-state index in [1.165, 1.54) is 0 Å². The number of hydrogen-bond acceptors (Lipinski definition) is 3. The number of methoxy groups -OCH3 is 1. The maximum atomic E-state index is 5.91. The standard InChI is InChI=1S/C11H16Cl2N2O/c1-7(6-16-2)5-15-11-4-9(13)8(12)3-10(11)14/h3-4,7,15H,5-6,14H2,1-2H3. The zero-order valence-electron chi connectivity index (χ0n) is 9.39. The smallest absolute Gasteiger partial charge is 0.0614 e. The van der Waals surface area contributed by atoms with Crippen molar-refractivity contribution < 1.29 is 4.74 Å². The summed E-state index contributed by atoms with van der Waals surface area (Å²) in [6, 6.07) is 3.38. The van der Waals surface area contributed by atoms with Crippen LogP contribution in [0.2, 0.25) is 10.0 Å². The van der Waals surface area contributed by atoms with Crippen LogP contribution in [-0.4, -0.2) is 20.3 Å². The first-order valence-corrected chi connectivity index (χ1v) is 5.77. The number of benzene rings is 1. The first-order valence-electron chi connectivity index (χ1n) is 5.02. The molecule has 1 aromatic rings. The second-order valence-electron chi connectivity index (χ2n) is 3.79. The molecule has 0 aromatic heterocycles. The first-order chi connectivity index (χ1) is 7.54. The number of hydrogen-bond donors (Lipinski definition) is 2. The third-order valence-corrected chi connectivity index (χ3v) is 2.91. The second kappa shape index (κ2) is 6.18. The van der Waals surface area contributed by atoms with Gasteiger partial charge in [0.25, 0.3) is 0 Å². The molecule has 1 aromatic carbocycles. The molecule has 0 heterocycles. The monoisotopic (exact) mass is 262 g/mol. The molecule has 0 amide bonds. The van der Waals surface area contributed by atoms with E-state index >= 15 is 0 Å². The van der Waals surface area contributed by atoms with Crippen molar-refractivity contribution in [3.05, 3.63) is 22.2 Å². The maximum Gasteiger partial charge on any atom is 0.0614 e. The van der Waals surface area contributed by atoms with Crippen LogP contribution in [-0.2, 0) is 4.74 Å². The molecule has 1 unspecified atom stereocenters. The molecule has 0 fully saturated rings. The van der Waals surface area contributed by atoms with E-state index in [1.807, 2.05) is 0 Å². The lowest BCUT2D eigenvalue weighted by Gasteiger charge is -2.14. The van der Waals surface area contributed by atoms with Crippen LogP contribution in [0.4, 0.5) is 11.4 Å². The number of anilines is 2. The summed E-state index contributed by atoms with van der Waals surface area (Å²) >= 11 is 11.7. The summed E-state index contributed by atoms with van der Waals surface area (Å²) < 4.78 is 5.05.